The summed E-state index contributed by atoms with van der Waals surface area (Å²) in [4.78, 5) is 4.19. The molecule has 1 N–H and O–H groups in total. The maximum atomic E-state index is 8.72. The van der Waals surface area contributed by atoms with E-state index in [9.17, 15) is 0 Å². The second-order valence-electron chi connectivity index (χ2n) is 3.92. The Morgan fingerprint density at radius 1 is 1.47 bits per heavy atom. The molecule has 0 bridgehead atoms. The van der Waals surface area contributed by atoms with Crippen molar-refractivity contribution in [2.24, 2.45) is 5.92 Å². The lowest BCUT2D eigenvalue weighted by Gasteiger charge is -2.21. The first-order valence-electron chi connectivity index (χ1n) is 5.31. The van der Waals surface area contributed by atoms with Gasteiger partial charge in [0.05, 0.1) is 0 Å². The van der Waals surface area contributed by atoms with Gasteiger partial charge < -0.3 is 5.32 Å². The molecule has 0 fully saturated rings. The van der Waals surface area contributed by atoms with Gasteiger partial charge >= 0.3 is 0 Å². The number of hydrogen-bond acceptors (Lipinski definition) is 3. The van der Waals surface area contributed by atoms with Gasteiger partial charge in [-0.25, -0.2) is 4.98 Å². The Balaban J connectivity index is 2.75. The third kappa shape index (κ3) is 3.25. The molecule has 1 aromatic heterocycles. The van der Waals surface area contributed by atoms with E-state index in [-0.39, 0.29) is 0 Å². The van der Waals surface area contributed by atoms with Crippen LogP contribution >= 0.6 is 0 Å². The minimum atomic E-state index is 0.409. The lowest BCUT2D eigenvalue weighted by Crippen LogP contribution is -2.25. The quantitative estimate of drug-likeness (QED) is 0.818. The van der Waals surface area contributed by atoms with Crippen molar-refractivity contribution in [3.8, 4) is 6.07 Å². The molecule has 0 aromatic carbocycles. The van der Waals surface area contributed by atoms with Crippen molar-refractivity contribution in [3.63, 3.8) is 0 Å². The van der Waals surface area contributed by atoms with Gasteiger partial charge in [0.25, 0.3) is 0 Å². The molecule has 15 heavy (non-hydrogen) atoms. The summed E-state index contributed by atoms with van der Waals surface area (Å²) in [5.74, 6) is 1.34. The van der Waals surface area contributed by atoms with E-state index >= 15 is 0 Å². The summed E-state index contributed by atoms with van der Waals surface area (Å²) in [6.45, 7) is 6.50. The summed E-state index contributed by atoms with van der Waals surface area (Å²) in [5.41, 5.74) is 0.457. The summed E-state index contributed by atoms with van der Waals surface area (Å²) in [6, 6.07) is 7.90. The van der Waals surface area contributed by atoms with Crippen LogP contribution in [0.15, 0.2) is 18.2 Å². The molecule has 0 aliphatic heterocycles. The van der Waals surface area contributed by atoms with Crippen molar-refractivity contribution < 1.29 is 0 Å². The zero-order valence-corrected chi connectivity index (χ0v) is 9.49. The summed E-state index contributed by atoms with van der Waals surface area (Å²) < 4.78 is 0. The maximum absolute atomic E-state index is 8.72. The van der Waals surface area contributed by atoms with E-state index in [0.29, 0.717) is 17.7 Å². The van der Waals surface area contributed by atoms with Gasteiger partial charge in [-0.2, -0.15) is 5.26 Å². The Morgan fingerprint density at radius 3 is 2.73 bits per heavy atom. The van der Waals surface area contributed by atoms with Crippen LogP contribution in [0.25, 0.3) is 0 Å². The molecular formula is C12H17N3. The number of pyridine rings is 1. The molecule has 3 nitrogen and oxygen atoms in total. The zero-order valence-electron chi connectivity index (χ0n) is 9.49. The Morgan fingerprint density at radius 2 is 2.20 bits per heavy atom. The minimum absolute atomic E-state index is 0.409. The average Bonchev–Trinajstić information content (AvgIpc) is 2.25. The Kier molecular flexibility index (Phi) is 4.11. The van der Waals surface area contributed by atoms with E-state index in [0.717, 1.165) is 12.2 Å². The number of rotatable bonds is 4. The molecule has 0 saturated heterocycles. The van der Waals surface area contributed by atoms with E-state index in [1.807, 2.05) is 18.2 Å². The lowest BCUT2D eigenvalue weighted by molar-refractivity contribution is 0.510. The molecule has 0 radical (unpaired) electrons. The van der Waals surface area contributed by atoms with Gasteiger partial charge in [0.1, 0.15) is 17.6 Å². The predicted molar refractivity (Wildman–Crippen MR) is 61.5 cm³/mol. The SMILES string of the molecule is CCC(Nc1cccc(C#N)n1)C(C)C. The smallest absolute Gasteiger partial charge is 0.142 e. The van der Waals surface area contributed by atoms with Crippen LogP contribution in [-0.2, 0) is 0 Å². The molecule has 3 heteroatoms. The molecule has 80 valence electrons. The summed E-state index contributed by atoms with van der Waals surface area (Å²) in [5, 5.41) is 12.1. The number of nitriles is 1. The highest BCUT2D eigenvalue weighted by Crippen LogP contribution is 2.13. The van der Waals surface area contributed by atoms with Gasteiger partial charge in [-0.05, 0) is 24.5 Å². The monoisotopic (exact) mass is 203 g/mol. The fourth-order valence-corrected chi connectivity index (χ4v) is 1.51. The van der Waals surface area contributed by atoms with E-state index in [1.165, 1.54) is 0 Å². The van der Waals surface area contributed by atoms with Crippen LogP contribution in [0, 0.1) is 17.2 Å². The molecule has 1 atom stereocenters. The topological polar surface area (TPSA) is 48.7 Å². The minimum Gasteiger partial charge on any atom is -0.367 e. The second kappa shape index (κ2) is 5.35. The Labute approximate surface area is 91.1 Å². The molecule has 0 aliphatic carbocycles. The summed E-state index contributed by atoms with van der Waals surface area (Å²) >= 11 is 0. The predicted octanol–water partition coefficient (Wildman–Crippen LogP) is 2.80. The fraction of sp³-hybridized carbons (Fsp3) is 0.500. The number of anilines is 1. The van der Waals surface area contributed by atoms with Crippen molar-refractivity contribution in [3.05, 3.63) is 23.9 Å². The first kappa shape index (κ1) is 11.5. The van der Waals surface area contributed by atoms with Crippen LogP contribution in [0.2, 0.25) is 0 Å². The summed E-state index contributed by atoms with van der Waals surface area (Å²) in [6.07, 6.45) is 1.05. The van der Waals surface area contributed by atoms with Gasteiger partial charge in [-0.15, -0.1) is 0 Å². The largest absolute Gasteiger partial charge is 0.367 e. The van der Waals surface area contributed by atoms with E-state index in [1.54, 1.807) is 6.07 Å². The number of nitrogens with one attached hydrogen (secondary N) is 1. The van der Waals surface area contributed by atoms with E-state index < -0.39 is 0 Å². The second-order valence-corrected chi connectivity index (χ2v) is 3.92. The van der Waals surface area contributed by atoms with Crippen molar-refractivity contribution in [1.82, 2.24) is 4.98 Å². The van der Waals surface area contributed by atoms with Crippen LogP contribution in [0.3, 0.4) is 0 Å². The van der Waals surface area contributed by atoms with Gasteiger partial charge in [0, 0.05) is 6.04 Å². The molecule has 0 spiro atoms. The molecule has 0 saturated carbocycles. The molecule has 1 rings (SSSR count). The normalized spacial score (nSPS) is 12.2. The van der Waals surface area contributed by atoms with Crippen LogP contribution < -0.4 is 5.32 Å². The third-order valence-electron chi connectivity index (χ3n) is 2.44. The first-order valence-corrected chi connectivity index (χ1v) is 5.31. The van der Waals surface area contributed by atoms with Crippen LogP contribution in [0.1, 0.15) is 32.9 Å². The summed E-state index contributed by atoms with van der Waals surface area (Å²) in [7, 11) is 0. The molecular weight excluding hydrogens is 186 g/mol. The third-order valence-corrected chi connectivity index (χ3v) is 2.44. The average molecular weight is 203 g/mol. The standard InChI is InChI=1S/C12H17N3/c1-4-11(9(2)3)15-12-7-5-6-10(8-13)14-12/h5-7,9,11H,4H2,1-3H3,(H,14,15). The van der Waals surface area contributed by atoms with Crippen molar-refractivity contribution >= 4 is 5.82 Å². The highest BCUT2D eigenvalue weighted by Gasteiger charge is 2.10. The molecule has 0 aliphatic rings. The van der Waals surface area contributed by atoms with Crippen molar-refractivity contribution in [1.29, 1.82) is 5.26 Å². The highest BCUT2D eigenvalue weighted by molar-refractivity contribution is 5.39. The van der Waals surface area contributed by atoms with Gasteiger partial charge in [-0.3, -0.25) is 0 Å². The number of nitrogens with zero attached hydrogens (tertiary/aromatic N) is 2. The Bertz CT molecular complexity index is 352. The molecule has 0 amide bonds. The molecule has 1 aromatic rings. The van der Waals surface area contributed by atoms with Crippen LogP contribution in [0.4, 0.5) is 5.82 Å². The lowest BCUT2D eigenvalue weighted by atomic mass is 10.0. The molecule has 1 unspecified atom stereocenters. The van der Waals surface area contributed by atoms with Gasteiger partial charge in [-0.1, -0.05) is 26.8 Å². The fourth-order valence-electron chi connectivity index (χ4n) is 1.51. The van der Waals surface area contributed by atoms with Crippen molar-refractivity contribution in [2.75, 3.05) is 5.32 Å². The van der Waals surface area contributed by atoms with Gasteiger partial charge in [0.15, 0.2) is 0 Å². The van der Waals surface area contributed by atoms with Crippen LogP contribution in [-0.4, -0.2) is 11.0 Å². The van der Waals surface area contributed by atoms with Crippen LogP contribution in [0.5, 0.6) is 0 Å². The first-order chi connectivity index (χ1) is 7.17. The van der Waals surface area contributed by atoms with Crippen molar-refractivity contribution in [2.45, 2.75) is 33.2 Å². The Hall–Kier alpha value is -1.56. The zero-order chi connectivity index (χ0) is 11.3. The molecule has 1 heterocycles. The van der Waals surface area contributed by atoms with Gasteiger partial charge in [0.2, 0.25) is 0 Å². The van der Waals surface area contributed by atoms with E-state index in [2.05, 4.69) is 31.1 Å². The number of hydrogen-bond donors (Lipinski definition) is 1. The number of aromatic nitrogens is 1. The maximum Gasteiger partial charge on any atom is 0.142 e. The highest BCUT2D eigenvalue weighted by atomic mass is 15.0. The van der Waals surface area contributed by atoms with E-state index in [4.69, 9.17) is 5.26 Å².